The molecule has 1 saturated carbocycles. The van der Waals surface area contributed by atoms with Gasteiger partial charge in [0.2, 0.25) is 5.91 Å². The van der Waals surface area contributed by atoms with Crippen LogP contribution >= 0.6 is 0 Å². The number of carbonyl (C=O) groups excluding carboxylic acids is 1. The van der Waals surface area contributed by atoms with Crippen molar-refractivity contribution in [2.75, 3.05) is 27.2 Å². The van der Waals surface area contributed by atoms with Gasteiger partial charge in [-0.05, 0) is 38.3 Å². The maximum Gasteiger partial charge on any atom is 0.236 e. The fraction of sp³-hybridized carbons (Fsp3) is 0.588. The molecule has 4 nitrogen and oxygen atoms in total. The average Bonchev–Trinajstić information content (AvgIpc) is 3.26. The second-order valence-electron chi connectivity index (χ2n) is 6.11. The van der Waals surface area contributed by atoms with E-state index < -0.39 is 0 Å². The van der Waals surface area contributed by atoms with E-state index >= 15 is 0 Å². The van der Waals surface area contributed by atoms with Crippen molar-refractivity contribution in [3.05, 3.63) is 29.8 Å². The number of nitrogens with zero attached hydrogens (tertiary/aromatic N) is 2. The molecule has 0 aromatic heterocycles. The third-order valence-electron chi connectivity index (χ3n) is 4.69. The number of amides is 1. The highest BCUT2D eigenvalue weighted by molar-refractivity contribution is 5.78. The Kier molecular flexibility index (Phi) is 4.15. The number of benzene rings is 1. The van der Waals surface area contributed by atoms with Gasteiger partial charge in [-0.25, -0.2) is 0 Å². The molecule has 1 unspecified atom stereocenters. The molecule has 0 radical (unpaired) electrons. The highest BCUT2D eigenvalue weighted by Crippen LogP contribution is 2.37. The molecule has 1 aliphatic carbocycles. The number of carbonyl (C=O) groups is 1. The molecule has 1 amide bonds. The van der Waals surface area contributed by atoms with Crippen LogP contribution < -0.4 is 4.74 Å². The summed E-state index contributed by atoms with van der Waals surface area (Å²) in [6, 6.07) is 8.96. The Morgan fingerprint density at radius 2 is 2.10 bits per heavy atom. The Morgan fingerprint density at radius 3 is 2.81 bits per heavy atom. The van der Waals surface area contributed by atoms with Crippen molar-refractivity contribution in [1.29, 1.82) is 0 Å². The summed E-state index contributed by atoms with van der Waals surface area (Å²) in [7, 11) is 3.65. The molecule has 1 aromatic rings. The van der Waals surface area contributed by atoms with E-state index in [0.29, 0.717) is 18.6 Å². The van der Waals surface area contributed by atoms with Gasteiger partial charge >= 0.3 is 0 Å². The fourth-order valence-corrected chi connectivity index (χ4v) is 3.26. The predicted octanol–water partition coefficient (Wildman–Crippen LogP) is 2.45. The van der Waals surface area contributed by atoms with E-state index in [1.807, 2.05) is 30.1 Å². The summed E-state index contributed by atoms with van der Waals surface area (Å²) >= 11 is 0. The van der Waals surface area contributed by atoms with Gasteiger partial charge < -0.3 is 9.64 Å². The lowest BCUT2D eigenvalue weighted by Crippen LogP contribution is -2.39. The molecular formula is C17H24N2O2. The lowest BCUT2D eigenvalue weighted by molar-refractivity contribution is -0.131. The highest BCUT2D eigenvalue weighted by atomic mass is 16.5. The quantitative estimate of drug-likeness (QED) is 0.834. The molecule has 2 aliphatic rings. The Labute approximate surface area is 126 Å². The van der Waals surface area contributed by atoms with E-state index in [4.69, 9.17) is 4.74 Å². The summed E-state index contributed by atoms with van der Waals surface area (Å²) in [6.45, 7) is 1.52. The largest absolute Gasteiger partial charge is 0.496 e. The van der Waals surface area contributed by atoms with Crippen molar-refractivity contribution in [3.8, 4) is 5.75 Å². The lowest BCUT2D eigenvalue weighted by Gasteiger charge is -2.27. The monoisotopic (exact) mass is 288 g/mol. The SMILES string of the molecule is COc1ccccc1C1CCCN1CC(=O)N(C)C1CC1. The van der Waals surface area contributed by atoms with Gasteiger partial charge in [0.1, 0.15) is 5.75 Å². The van der Waals surface area contributed by atoms with Crippen molar-refractivity contribution in [2.24, 2.45) is 0 Å². The van der Waals surface area contributed by atoms with Crippen LogP contribution in [-0.4, -0.2) is 49.0 Å². The predicted molar refractivity (Wildman–Crippen MR) is 82.3 cm³/mol. The van der Waals surface area contributed by atoms with E-state index in [1.165, 1.54) is 5.56 Å². The van der Waals surface area contributed by atoms with Crippen LogP contribution in [0.3, 0.4) is 0 Å². The molecule has 114 valence electrons. The molecule has 0 bridgehead atoms. The van der Waals surface area contributed by atoms with Gasteiger partial charge in [0.15, 0.2) is 0 Å². The first-order valence-corrected chi connectivity index (χ1v) is 7.83. The van der Waals surface area contributed by atoms with E-state index in [1.54, 1.807) is 7.11 Å². The van der Waals surface area contributed by atoms with Gasteiger partial charge in [-0.3, -0.25) is 9.69 Å². The molecule has 1 saturated heterocycles. The maximum atomic E-state index is 12.4. The number of rotatable bonds is 5. The number of ether oxygens (including phenoxy) is 1. The summed E-state index contributed by atoms with van der Waals surface area (Å²) in [6.07, 6.45) is 4.57. The summed E-state index contributed by atoms with van der Waals surface area (Å²) in [4.78, 5) is 16.6. The van der Waals surface area contributed by atoms with Crippen molar-refractivity contribution in [1.82, 2.24) is 9.80 Å². The number of hydrogen-bond donors (Lipinski definition) is 0. The van der Waals surface area contributed by atoms with Crippen molar-refractivity contribution >= 4 is 5.91 Å². The molecule has 21 heavy (non-hydrogen) atoms. The summed E-state index contributed by atoms with van der Waals surface area (Å²) in [5.74, 6) is 1.18. The van der Waals surface area contributed by atoms with Crippen LogP contribution in [0.15, 0.2) is 24.3 Å². The van der Waals surface area contributed by atoms with Gasteiger partial charge in [-0.2, -0.15) is 0 Å². The van der Waals surface area contributed by atoms with Crippen molar-refractivity contribution < 1.29 is 9.53 Å². The molecule has 2 fully saturated rings. The second-order valence-corrected chi connectivity index (χ2v) is 6.11. The standard InChI is InChI=1S/C17H24N2O2/c1-18(13-9-10-13)17(20)12-19-11-5-7-15(19)14-6-3-4-8-16(14)21-2/h3-4,6,8,13,15H,5,7,9-12H2,1-2H3. The van der Waals surface area contributed by atoms with E-state index in [9.17, 15) is 4.79 Å². The minimum absolute atomic E-state index is 0.249. The number of para-hydroxylation sites is 1. The van der Waals surface area contributed by atoms with Crippen LogP contribution in [-0.2, 0) is 4.79 Å². The molecule has 0 spiro atoms. The van der Waals surface area contributed by atoms with Gasteiger partial charge in [-0.1, -0.05) is 18.2 Å². The molecule has 4 heteroatoms. The molecule has 3 rings (SSSR count). The summed E-state index contributed by atoms with van der Waals surface area (Å²) in [5, 5.41) is 0. The first-order chi connectivity index (χ1) is 10.2. The first-order valence-electron chi connectivity index (χ1n) is 7.83. The number of hydrogen-bond acceptors (Lipinski definition) is 3. The molecule has 1 heterocycles. The zero-order valence-corrected chi connectivity index (χ0v) is 12.9. The van der Waals surface area contributed by atoms with Gasteiger partial charge in [0.05, 0.1) is 13.7 Å². The number of methoxy groups -OCH3 is 1. The fourth-order valence-electron chi connectivity index (χ4n) is 3.26. The zero-order chi connectivity index (χ0) is 14.8. The van der Waals surface area contributed by atoms with E-state index in [2.05, 4.69) is 11.0 Å². The van der Waals surface area contributed by atoms with Crippen LogP contribution in [0.25, 0.3) is 0 Å². The van der Waals surface area contributed by atoms with Gasteiger partial charge in [-0.15, -0.1) is 0 Å². The third-order valence-corrected chi connectivity index (χ3v) is 4.69. The molecule has 1 atom stereocenters. The lowest BCUT2D eigenvalue weighted by atomic mass is 10.0. The van der Waals surface area contributed by atoms with E-state index in [-0.39, 0.29) is 5.91 Å². The Bertz CT molecular complexity index is 513. The highest BCUT2D eigenvalue weighted by Gasteiger charge is 2.33. The van der Waals surface area contributed by atoms with Crippen molar-refractivity contribution in [2.45, 2.75) is 37.8 Å². The van der Waals surface area contributed by atoms with Crippen LogP contribution in [0.2, 0.25) is 0 Å². The smallest absolute Gasteiger partial charge is 0.236 e. The zero-order valence-electron chi connectivity index (χ0n) is 12.9. The maximum absolute atomic E-state index is 12.4. The van der Waals surface area contributed by atoms with Crippen LogP contribution in [0.1, 0.15) is 37.3 Å². The minimum Gasteiger partial charge on any atom is -0.496 e. The molecule has 1 aliphatic heterocycles. The minimum atomic E-state index is 0.249. The third kappa shape index (κ3) is 3.05. The summed E-state index contributed by atoms with van der Waals surface area (Å²) < 4.78 is 5.48. The molecule has 0 N–H and O–H groups in total. The van der Waals surface area contributed by atoms with Crippen LogP contribution in [0.5, 0.6) is 5.75 Å². The van der Waals surface area contributed by atoms with Gasteiger partial charge in [0, 0.05) is 24.7 Å². The Balaban J connectivity index is 1.71. The topological polar surface area (TPSA) is 32.8 Å². The first kappa shape index (κ1) is 14.4. The van der Waals surface area contributed by atoms with E-state index in [0.717, 1.165) is 38.0 Å². The Morgan fingerprint density at radius 1 is 1.33 bits per heavy atom. The average molecular weight is 288 g/mol. The van der Waals surface area contributed by atoms with Crippen LogP contribution in [0.4, 0.5) is 0 Å². The van der Waals surface area contributed by atoms with Gasteiger partial charge in [0.25, 0.3) is 0 Å². The number of likely N-dealkylation sites (N-methyl/N-ethyl adjacent to an activating group) is 1. The second kappa shape index (κ2) is 6.06. The van der Waals surface area contributed by atoms with Crippen LogP contribution in [0, 0.1) is 0 Å². The number of likely N-dealkylation sites (tertiary alicyclic amines) is 1. The Hall–Kier alpha value is -1.55. The summed E-state index contributed by atoms with van der Waals surface area (Å²) in [5.41, 5.74) is 1.21. The normalized spacial score (nSPS) is 22.3. The molecular weight excluding hydrogens is 264 g/mol. The molecule has 1 aromatic carbocycles. The van der Waals surface area contributed by atoms with Crippen molar-refractivity contribution in [3.63, 3.8) is 0 Å².